The Balaban J connectivity index is 2.40. The average molecular weight is 231 g/mol. The lowest BCUT2D eigenvalue weighted by Crippen LogP contribution is -2.11. The number of benzene rings is 1. The van der Waals surface area contributed by atoms with Crippen LogP contribution >= 0.6 is 0 Å². The molecule has 0 aliphatic carbocycles. The van der Waals surface area contributed by atoms with Crippen LogP contribution in [0.25, 0.3) is 11.3 Å². The first-order valence-corrected chi connectivity index (χ1v) is 5.14. The number of methoxy groups -OCH3 is 1. The van der Waals surface area contributed by atoms with Crippen LogP contribution in [0.5, 0.6) is 0 Å². The molecule has 5 heteroatoms. The third kappa shape index (κ3) is 2.28. The molecule has 0 bridgehead atoms. The van der Waals surface area contributed by atoms with Crippen molar-refractivity contribution in [2.45, 2.75) is 0 Å². The molecule has 1 aromatic carbocycles. The van der Waals surface area contributed by atoms with E-state index in [1.807, 2.05) is 37.4 Å². The quantitative estimate of drug-likeness (QED) is 0.862. The molecular weight excluding hydrogens is 218 g/mol. The molecule has 0 fully saturated rings. The Morgan fingerprint density at radius 2 is 2.06 bits per heavy atom. The van der Waals surface area contributed by atoms with Crippen LogP contribution in [0.2, 0.25) is 0 Å². The molecular formula is C12H13N3O2. The van der Waals surface area contributed by atoms with Crippen LogP contribution in [0.4, 0.5) is 10.5 Å². The molecule has 2 rings (SSSR count). The van der Waals surface area contributed by atoms with E-state index < -0.39 is 6.09 Å². The number of carbonyl (C=O) groups is 1. The van der Waals surface area contributed by atoms with E-state index in [1.54, 1.807) is 10.9 Å². The minimum atomic E-state index is -0.504. The average Bonchev–Trinajstić information content (AvgIpc) is 2.71. The standard InChI is InChI=1S/C12H13N3O2/c1-15-11(9-6-4-3-5-7-9)10(8-13-15)14-12(16)17-2/h3-8H,1-2H3,(H,14,16). The molecule has 0 aliphatic heterocycles. The van der Waals surface area contributed by atoms with Crippen LogP contribution < -0.4 is 5.32 Å². The molecule has 1 heterocycles. The van der Waals surface area contributed by atoms with Gasteiger partial charge in [0.1, 0.15) is 0 Å². The molecule has 5 nitrogen and oxygen atoms in total. The van der Waals surface area contributed by atoms with Gasteiger partial charge in [-0.2, -0.15) is 5.10 Å². The summed E-state index contributed by atoms with van der Waals surface area (Å²) in [5, 5.41) is 6.76. The van der Waals surface area contributed by atoms with Crippen LogP contribution in [0.3, 0.4) is 0 Å². The van der Waals surface area contributed by atoms with E-state index in [1.165, 1.54) is 7.11 Å². The van der Waals surface area contributed by atoms with Gasteiger partial charge < -0.3 is 4.74 Å². The van der Waals surface area contributed by atoms with Gasteiger partial charge in [-0.15, -0.1) is 0 Å². The Kier molecular flexibility index (Phi) is 3.09. The number of nitrogens with zero attached hydrogens (tertiary/aromatic N) is 2. The number of hydrogen-bond donors (Lipinski definition) is 1. The van der Waals surface area contributed by atoms with Gasteiger partial charge >= 0.3 is 6.09 Å². The maximum absolute atomic E-state index is 11.2. The predicted molar refractivity (Wildman–Crippen MR) is 64.7 cm³/mol. The molecule has 0 saturated heterocycles. The van der Waals surface area contributed by atoms with Gasteiger partial charge in [-0.3, -0.25) is 10.00 Å². The SMILES string of the molecule is COC(=O)Nc1cnn(C)c1-c1ccccc1. The Bertz CT molecular complexity index is 520. The Morgan fingerprint density at radius 3 is 2.71 bits per heavy atom. The topological polar surface area (TPSA) is 56.1 Å². The Hall–Kier alpha value is -2.30. The number of rotatable bonds is 2. The van der Waals surface area contributed by atoms with Crippen molar-refractivity contribution >= 4 is 11.8 Å². The Labute approximate surface area is 99.0 Å². The fourth-order valence-corrected chi connectivity index (χ4v) is 1.63. The fraction of sp³-hybridized carbons (Fsp3) is 0.167. The lowest BCUT2D eigenvalue weighted by Gasteiger charge is -2.06. The van der Waals surface area contributed by atoms with Gasteiger partial charge in [0.25, 0.3) is 0 Å². The van der Waals surface area contributed by atoms with Gasteiger partial charge in [-0.05, 0) is 0 Å². The van der Waals surface area contributed by atoms with Crippen molar-refractivity contribution in [2.24, 2.45) is 7.05 Å². The van der Waals surface area contributed by atoms with Crippen LogP contribution in [0.1, 0.15) is 0 Å². The second-order valence-corrected chi connectivity index (χ2v) is 3.51. The summed E-state index contributed by atoms with van der Waals surface area (Å²) in [6, 6.07) is 9.72. The summed E-state index contributed by atoms with van der Waals surface area (Å²) in [6.07, 6.45) is 1.09. The zero-order valence-electron chi connectivity index (χ0n) is 9.68. The van der Waals surface area contributed by atoms with Crippen molar-refractivity contribution in [2.75, 3.05) is 12.4 Å². The number of amides is 1. The minimum Gasteiger partial charge on any atom is -0.453 e. The van der Waals surface area contributed by atoms with Gasteiger partial charge in [-0.25, -0.2) is 4.79 Å². The van der Waals surface area contributed by atoms with Gasteiger partial charge in [0.05, 0.1) is 24.7 Å². The van der Waals surface area contributed by atoms with Crippen LogP contribution in [0, 0.1) is 0 Å². The highest BCUT2D eigenvalue weighted by molar-refractivity contribution is 5.90. The summed E-state index contributed by atoms with van der Waals surface area (Å²) in [5.74, 6) is 0. The third-order valence-electron chi connectivity index (χ3n) is 2.41. The van der Waals surface area contributed by atoms with Gasteiger partial charge in [0.15, 0.2) is 0 Å². The number of ether oxygens (including phenoxy) is 1. The lowest BCUT2D eigenvalue weighted by molar-refractivity contribution is 0.187. The molecule has 2 aromatic rings. The summed E-state index contributed by atoms with van der Waals surface area (Å²) >= 11 is 0. The molecule has 0 aliphatic rings. The first-order chi connectivity index (χ1) is 8.22. The van der Waals surface area contributed by atoms with E-state index in [2.05, 4.69) is 15.2 Å². The molecule has 88 valence electrons. The van der Waals surface area contributed by atoms with Crippen LogP contribution in [-0.2, 0) is 11.8 Å². The number of aromatic nitrogens is 2. The summed E-state index contributed by atoms with van der Waals surface area (Å²) in [7, 11) is 3.15. The van der Waals surface area contributed by atoms with E-state index in [9.17, 15) is 4.79 Å². The second-order valence-electron chi connectivity index (χ2n) is 3.51. The van der Waals surface area contributed by atoms with E-state index in [0.29, 0.717) is 5.69 Å². The molecule has 0 unspecified atom stereocenters. The third-order valence-corrected chi connectivity index (χ3v) is 2.41. The number of aryl methyl sites for hydroxylation is 1. The number of anilines is 1. The van der Waals surface area contributed by atoms with Crippen molar-refractivity contribution in [3.8, 4) is 11.3 Å². The van der Waals surface area contributed by atoms with E-state index >= 15 is 0 Å². The highest BCUT2D eigenvalue weighted by Gasteiger charge is 2.12. The van der Waals surface area contributed by atoms with E-state index in [0.717, 1.165) is 11.3 Å². The largest absolute Gasteiger partial charge is 0.453 e. The maximum atomic E-state index is 11.2. The molecule has 1 N–H and O–H groups in total. The molecule has 0 saturated carbocycles. The van der Waals surface area contributed by atoms with Crippen molar-refractivity contribution in [1.29, 1.82) is 0 Å². The summed E-state index contributed by atoms with van der Waals surface area (Å²) < 4.78 is 6.28. The summed E-state index contributed by atoms with van der Waals surface area (Å²) in [4.78, 5) is 11.2. The molecule has 1 amide bonds. The predicted octanol–water partition coefficient (Wildman–Crippen LogP) is 2.27. The molecule has 0 radical (unpaired) electrons. The van der Waals surface area contributed by atoms with Crippen molar-refractivity contribution in [1.82, 2.24) is 9.78 Å². The Morgan fingerprint density at radius 1 is 1.35 bits per heavy atom. The first kappa shape index (κ1) is 11.2. The monoisotopic (exact) mass is 231 g/mol. The normalized spacial score (nSPS) is 10.0. The summed E-state index contributed by atoms with van der Waals surface area (Å²) in [5.41, 5.74) is 2.46. The lowest BCUT2D eigenvalue weighted by atomic mass is 10.1. The number of carbonyl (C=O) groups excluding carboxylic acids is 1. The van der Waals surface area contributed by atoms with E-state index in [4.69, 9.17) is 0 Å². The van der Waals surface area contributed by atoms with Crippen molar-refractivity contribution in [3.63, 3.8) is 0 Å². The van der Waals surface area contributed by atoms with Gasteiger partial charge in [0.2, 0.25) is 0 Å². The van der Waals surface area contributed by atoms with Crippen molar-refractivity contribution in [3.05, 3.63) is 36.5 Å². The highest BCUT2D eigenvalue weighted by atomic mass is 16.5. The number of nitrogens with one attached hydrogen (secondary N) is 1. The molecule has 1 aromatic heterocycles. The van der Waals surface area contributed by atoms with E-state index in [-0.39, 0.29) is 0 Å². The highest BCUT2D eigenvalue weighted by Crippen LogP contribution is 2.26. The smallest absolute Gasteiger partial charge is 0.411 e. The summed E-state index contributed by atoms with van der Waals surface area (Å²) in [6.45, 7) is 0. The molecule has 0 atom stereocenters. The zero-order valence-corrected chi connectivity index (χ0v) is 9.68. The first-order valence-electron chi connectivity index (χ1n) is 5.14. The molecule has 0 spiro atoms. The zero-order chi connectivity index (χ0) is 12.3. The second kappa shape index (κ2) is 4.69. The minimum absolute atomic E-state index is 0.504. The molecule has 17 heavy (non-hydrogen) atoms. The maximum Gasteiger partial charge on any atom is 0.411 e. The fourth-order valence-electron chi connectivity index (χ4n) is 1.63. The van der Waals surface area contributed by atoms with Crippen LogP contribution in [-0.4, -0.2) is 23.0 Å². The van der Waals surface area contributed by atoms with Crippen LogP contribution in [0.15, 0.2) is 36.5 Å². The van der Waals surface area contributed by atoms with Gasteiger partial charge in [-0.1, -0.05) is 30.3 Å². The van der Waals surface area contributed by atoms with Gasteiger partial charge in [0, 0.05) is 12.6 Å². The van der Waals surface area contributed by atoms with Crippen molar-refractivity contribution < 1.29 is 9.53 Å². The number of hydrogen-bond acceptors (Lipinski definition) is 3.